The van der Waals surface area contributed by atoms with Crippen LogP contribution in [0, 0.1) is 5.92 Å². The van der Waals surface area contributed by atoms with Gasteiger partial charge in [0.25, 0.3) is 0 Å². The molecule has 1 aromatic heterocycles. The molecule has 0 spiro atoms. The monoisotopic (exact) mass is 218 g/mol. The molecule has 0 amide bonds. The lowest BCUT2D eigenvalue weighted by molar-refractivity contribution is 0.280. The Labute approximate surface area is 98.5 Å². The molecular formula is C14H22N2. The summed E-state index contributed by atoms with van der Waals surface area (Å²) in [6.45, 7) is 3.30. The second kappa shape index (κ2) is 6.00. The minimum absolute atomic E-state index is 0.647. The van der Waals surface area contributed by atoms with Gasteiger partial charge >= 0.3 is 0 Å². The molecule has 2 nitrogen and oxygen atoms in total. The van der Waals surface area contributed by atoms with E-state index in [0.717, 1.165) is 12.5 Å². The van der Waals surface area contributed by atoms with Crippen LogP contribution in [0.5, 0.6) is 0 Å². The number of hydrogen-bond donors (Lipinski definition) is 1. The highest BCUT2D eigenvalue weighted by Crippen LogP contribution is 2.26. The van der Waals surface area contributed by atoms with Crippen molar-refractivity contribution >= 4 is 0 Å². The standard InChI is InChI=1S/C14H22N2/c1-12(14-5-3-2-4-6-14)16-11-13-7-9-15-10-8-13/h7-10,12,14,16H,2-6,11H2,1H3/t12-/m0/s1. The van der Waals surface area contributed by atoms with Crippen molar-refractivity contribution in [3.8, 4) is 0 Å². The number of aromatic nitrogens is 1. The van der Waals surface area contributed by atoms with Crippen LogP contribution in [-0.4, -0.2) is 11.0 Å². The molecule has 0 unspecified atom stereocenters. The fourth-order valence-electron chi connectivity index (χ4n) is 2.58. The Hall–Kier alpha value is -0.890. The van der Waals surface area contributed by atoms with Crippen molar-refractivity contribution in [2.24, 2.45) is 5.92 Å². The molecule has 2 rings (SSSR count). The lowest BCUT2D eigenvalue weighted by Gasteiger charge is -2.28. The fourth-order valence-corrected chi connectivity index (χ4v) is 2.58. The number of hydrogen-bond acceptors (Lipinski definition) is 2. The molecule has 16 heavy (non-hydrogen) atoms. The van der Waals surface area contributed by atoms with E-state index in [0.29, 0.717) is 6.04 Å². The Balaban J connectivity index is 1.76. The first-order valence-electron chi connectivity index (χ1n) is 6.48. The molecular weight excluding hydrogens is 196 g/mol. The lowest BCUT2D eigenvalue weighted by Crippen LogP contribution is -2.34. The highest BCUT2D eigenvalue weighted by Gasteiger charge is 2.19. The molecule has 1 saturated carbocycles. The number of pyridine rings is 1. The summed E-state index contributed by atoms with van der Waals surface area (Å²) in [7, 11) is 0. The Bertz CT molecular complexity index is 291. The molecule has 1 atom stereocenters. The first kappa shape index (κ1) is 11.6. The summed E-state index contributed by atoms with van der Waals surface area (Å²) in [6, 6.07) is 4.81. The van der Waals surface area contributed by atoms with Crippen LogP contribution in [0.3, 0.4) is 0 Å². The summed E-state index contributed by atoms with van der Waals surface area (Å²) in [4.78, 5) is 4.03. The Kier molecular flexibility index (Phi) is 4.34. The molecule has 1 aliphatic rings. The summed E-state index contributed by atoms with van der Waals surface area (Å²) in [5, 5.41) is 3.64. The van der Waals surface area contributed by atoms with Crippen LogP contribution in [0.25, 0.3) is 0 Å². The van der Waals surface area contributed by atoms with Crippen LogP contribution in [0.2, 0.25) is 0 Å². The largest absolute Gasteiger partial charge is 0.310 e. The maximum atomic E-state index is 4.03. The number of rotatable bonds is 4. The second-order valence-corrected chi connectivity index (χ2v) is 4.92. The quantitative estimate of drug-likeness (QED) is 0.839. The molecule has 1 aliphatic carbocycles. The van der Waals surface area contributed by atoms with Gasteiger partial charge in [0.15, 0.2) is 0 Å². The zero-order chi connectivity index (χ0) is 11.2. The summed E-state index contributed by atoms with van der Waals surface area (Å²) in [6.07, 6.45) is 10.8. The van der Waals surface area contributed by atoms with Crippen LogP contribution in [-0.2, 0) is 6.54 Å². The topological polar surface area (TPSA) is 24.9 Å². The van der Waals surface area contributed by atoms with E-state index in [9.17, 15) is 0 Å². The van der Waals surface area contributed by atoms with E-state index in [1.54, 1.807) is 0 Å². The molecule has 0 aliphatic heterocycles. The van der Waals surface area contributed by atoms with Crippen molar-refractivity contribution in [3.63, 3.8) is 0 Å². The minimum atomic E-state index is 0.647. The van der Waals surface area contributed by atoms with Crippen molar-refractivity contribution in [1.82, 2.24) is 10.3 Å². The molecule has 0 radical (unpaired) electrons. The molecule has 0 aromatic carbocycles. The van der Waals surface area contributed by atoms with Gasteiger partial charge in [0.1, 0.15) is 0 Å². The highest BCUT2D eigenvalue weighted by atomic mass is 14.9. The van der Waals surface area contributed by atoms with Crippen molar-refractivity contribution in [2.45, 2.75) is 51.6 Å². The van der Waals surface area contributed by atoms with Crippen LogP contribution in [0.1, 0.15) is 44.6 Å². The zero-order valence-corrected chi connectivity index (χ0v) is 10.2. The Morgan fingerprint density at radius 1 is 1.25 bits per heavy atom. The smallest absolute Gasteiger partial charge is 0.0271 e. The summed E-state index contributed by atoms with van der Waals surface area (Å²) < 4.78 is 0. The van der Waals surface area contributed by atoms with Gasteiger partial charge in [0.05, 0.1) is 0 Å². The van der Waals surface area contributed by atoms with Crippen LogP contribution in [0.4, 0.5) is 0 Å². The Morgan fingerprint density at radius 2 is 1.94 bits per heavy atom. The molecule has 0 saturated heterocycles. The van der Waals surface area contributed by atoms with E-state index in [1.165, 1.54) is 37.7 Å². The first-order valence-corrected chi connectivity index (χ1v) is 6.48. The van der Waals surface area contributed by atoms with Gasteiger partial charge in [0, 0.05) is 25.0 Å². The van der Waals surface area contributed by atoms with Crippen LogP contribution in [0.15, 0.2) is 24.5 Å². The van der Waals surface area contributed by atoms with E-state index in [1.807, 2.05) is 12.4 Å². The molecule has 1 N–H and O–H groups in total. The third-order valence-electron chi connectivity index (χ3n) is 3.73. The van der Waals surface area contributed by atoms with Gasteiger partial charge in [-0.1, -0.05) is 19.3 Å². The molecule has 1 heterocycles. The average molecular weight is 218 g/mol. The average Bonchev–Trinajstić information content (AvgIpc) is 2.38. The SMILES string of the molecule is C[C@H](NCc1ccncc1)C1CCCCC1. The molecule has 1 aromatic rings. The van der Waals surface area contributed by atoms with Gasteiger partial charge in [-0.05, 0) is 43.4 Å². The predicted molar refractivity (Wildman–Crippen MR) is 67.1 cm³/mol. The highest BCUT2D eigenvalue weighted by molar-refractivity contribution is 5.09. The van der Waals surface area contributed by atoms with Gasteiger partial charge < -0.3 is 5.32 Å². The van der Waals surface area contributed by atoms with E-state index >= 15 is 0 Å². The number of nitrogens with one attached hydrogen (secondary N) is 1. The van der Waals surface area contributed by atoms with Gasteiger partial charge in [0.2, 0.25) is 0 Å². The first-order chi connectivity index (χ1) is 7.86. The summed E-state index contributed by atoms with van der Waals surface area (Å²) in [5.74, 6) is 0.885. The summed E-state index contributed by atoms with van der Waals surface area (Å²) in [5.41, 5.74) is 1.33. The van der Waals surface area contributed by atoms with E-state index in [4.69, 9.17) is 0 Å². The fraction of sp³-hybridized carbons (Fsp3) is 0.643. The maximum Gasteiger partial charge on any atom is 0.0271 e. The molecule has 0 bridgehead atoms. The molecule has 1 fully saturated rings. The minimum Gasteiger partial charge on any atom is -0.310 e. The third kappa shape index (κ3) is 3.31. The van der Waals surface area contributed by atoms with E-state index in [2.05, 4.69) is 29.4 Å². The molecule has 88 valence electrons. The third-order valence-corrected chi connectivity index (χ3v) is 3.73. The molecule has 2 heteroatoms. The van der Waals surface area contributed by atoms with Crippen molar-refractivity contribution < 1.29 is 0 Å². The number of nitrogens with zero attached hydrogens (tertiary/aromatic N) is 1. The maximum absolute atomic E-state index is 4.03. The zero-order valence-electron chi connectivity index (χ0n) is 10.2. The normalized spacial score (nSPS) is 19.6. The summed E-state index contributed by atoms with van der Waals surface area (Å²) >= 11 is 0. The van der Waals surface area contributed by atoms with Crippen molar-refractivity contribution in [3.05, 3.63) is 30.1 Å². The Morgan fingerprint density at radius 3 is 2.62 bits per heavy atom. The predicted octanol–water partition coefficient (Wildman–Crippen LogP) is 3.14. The second-order valence-electron chi connectivity index (χ2n) is 4.92. The van der Waals surface area contributed by atoms with Crippen molar-refractivity contribution in [1.29, 1.82) is 0 Å². The van der Waals surface area contributed by atoms with E-state index < -0.39 is 0 Å². The van der Waals surface area contributed by atoms with E-state index in [-0.39, 0.29) is 0 Å². The van der Waals surface area contributed by atoms with Crippen LogP contribution >= 0.6 is 0 Å². The van der Waals surface area contributed by atoms with Crippen molar-refractivity contribution in [2.75, 3.05) is 0 Å². The van der Waals surface area contributed by atoms with Crippen LogP contribution < -0.4 is 5.32 Å². The van der Waals surface area contributed by atoms with Gasteiger partial charge in [-0.25, -0.2) is 0 Å². The van der Waals surface area contributed by atoms with Gasteiger partial charge in [-0.15, -0.1) is 0 Å². The van der Waals surface area contributed by atoms with Gasteiger partial charge in [-0.2, -0.15) is 0 Å². The lowest BCUT2D eigenvalue weighted by atomic mass is 9.84. The van der Waals surface area contributed by atoms with Gasteiger partial charge in [-0.3, -0.25) is 4.98 Å².